The lowest BCUT2D eigenvalue weighted by Crippen LogP contribution is -2.59. The molecule has 5 heteroatoms. The summed E-state index contributed by atoms with van der Waals surface area (Å²) in [5.74, 6) is -0.353. The van der Waals surface area contributed by atoms with Crippen molar-refractivity contribution in [3.63, 3.8) is 0 Å². The van der Waals surface area contributed by atoms with E-state index in [9.17, 15) is 4.79 Å². The van der Waals surface area contributed by atoms with Gasteiger partial charge in [0.1, 0.15) is 0 Å². The van der Waals surface area contributed by atoms with Crippen molar-refractivity contribution >= 4 is 5.91 Å². The highest BCUT2D eigenvalue weighted by Crippen LogP contribution is 2.30. The van der Waals surface area contributed by atoms with Crippen molar-refractivity contribution in [3.8, 4) is 0 Å². The number of carbonyl (C=O) groups excluding carboxylic acids is 1. The third-order valence-corrected chi connectivity index (χ3v) is 4.28. The van der Waals surface area contributed by atoms with E-state index >= 15 is 0 Å². The second-order valence-corrected chi connectivity index (χ2v) is 6.21. The van der Waals surface area contributed by atoms with Gasteiger partial charge in [-0.05, 0) is 53.2 Å². The van der Waals surface area contributed by atoms with E-state index in [4.69, 9.17) is 11.5 Å². The van der Waals surface area contributed by atoms with Gasteiger partial charge in [-0.1, -0.05) is 6.92 Å². The molecule has 4 N–H and O–H groups in total. The minimum atomic E-state index is -0.811. The maximum atomic E-state index is 11.6. The predicted octanol–water partition coefficient (Wildman–Crippen LogP) is 0.384. The molecule has 0 bridgehead atoms. The molecule has 0 aromatic heterocycles. The first-order chi connectivity index (χ1) is 8.80. The molecule has 19 heavy (non-hydrogen) atoms. The zero-order valence-corrected chi connectivity index (χ0v) is 12.9. The van der Waals surface area contributed by atoms with Crippen LogP contribution in [0.2, 0.25) is 0 Å². The molecular formula is C14H30N4O. The Kier molecular flexibility index (Phi) is 5.77. The number of rotatable bonds is 6. The summed E-state index contributed by atoms with van der Waals surface area (Å²) in [5, 5.41) is 0. The lowest BCUT2D eigenvalue weighted by Gasteiger charge is -2.43. The molecule has 112 valence electrons. The molecule has 0 spiro atoms. The van der Waals surface area contributed by atoms with Crippen molar-refractivity contribution in [2.75, 3.05) is 27.2 Å². The van der Waals surface area contributed by atoms with E-state index in [0.29, 0.717) is 18.5 Å². The van der Waals surface area contributed by atoms with E-state index in [-0.39, 0.29) is 5.91 Å². The van der Waals surface area contributed by atoms with E-state index in [2.05, 4.69) is 37.7 Å². The van der Waals surface area contributed by atoms with Gasteiger partial charge in [0.2, 0.25) is 5.91 Å². The first-order valence-corrected chi connectivity index (χ1v) is 7.29. The third-order valence-electron chi connectivity index (χ3n) is 4.28. The summed E-state index contributed by atoms with van der Waals surface area (Å²) in [5.41, 5.74) is 10.8. The Morgan fingerprint density at radius 3 is 2.58 bits per heavy atom. The number of hydrogen-bond donors (Lipinski definition) is 2. The summed E-state index contributed by atoms with van der Waals surface area (Å²) < 4.78 is 0. The average Bonchev–Trinajstić information content (AvgIpc) is 2.28. The van der Waals surface area contributed by atoms with Crippen LogP contribution in [0.3, 0.4) is 0 Å². The highest BCUT2D eigenvalue weighted by Gasteiger charge is 2.40. The molecular weight excluding hydrogens is 240 g/mol. The van der Waals surface area contributed by atoms with Gasteiger partial charge in [0.25, 0.3) is 0 Å². The van der Waals surface area contributed by atoms with E-state index in [0.717, 1.165) is 32.4 Å². The van der Waals surface area contributed by atoms with Crippen molar-refractivity contribution in [1.29, 1.82) is 0 Å². The summed E-state index contributed by atoms with van der Waals surface area (Å²) in [6, 6.07) is 0.825. The number of carbonyl (C=O) groups is 1. The number of primary amides is 1. The van der Waals surface area contributed by atoms with Gasteiger partial charge in [-0.25, -0.2) is 0 Å². The Labute approximate surface area is 117 Å². The minimum Gasteiger partial charge on any atom is -0.368 e. The summed E-state index contributed by atoms with van der Waals surface area (Å²) in [4.78, 5) is 16.2. The molecule has 1 rings (SSSR count). The Bertz CT molecular complexity index is 308. The number of amides is 1. The standard InChI is InChI=1S/C14H30N4O/c1-5-18(11(2)10-17(3)4)12-7-6-8-14(16,9-12)13(15)19/h11-12H,5-10,16H2,1-4H3,(H2,15,19). The summed E-state index contributed by atoms with van der Waals surface area (Å²) >= 11 is 0. The first-order valence-electron chi connectivity index (χ1n) is 7.29. The fourth-order valence-electron chi connectivity index (χ4n) is 3.35. The number of likely N-dealkylation sites (N-methyl/N-ethyl adjacent to an activating group) is 2. The lowest BCUT2D eigenvalue weighted by molar-refractivity contribution is -0.125. The first kappa shape index (κ1) is 16.4. The highest BCUT2D eigenvalue weighted by atomic mass is 16.1. The molecule has 1 fully saturated rings. The van der Waals surface area contributed by atoms with Gasteiger partial charge in [0, 0.05) is 18.6 Å². The Morgan fingerprint density at radius 1 is 1.47 bits per heavy atom. The minimum absolute atomic E-state index is 0.353. The number of hydrogen-bond acceptors (Lipinski definition) is 4. The maximum Gasteiger partial charge on any atom is 0.237 e. The van der Waals surface area contributed by atoms with E-state index in [1.165, 1.54) is 0 Å². The Hall–Kier alpha value is -0.650. The highest BCUT2D eigenvalue weighted by molar-refractivity contribution is 5.84. The molecule has 0 radical (unpaired) electrons. The van der Waals surface area contributed by atoms with Crippen molar-refractivity contribution in [3.05, 3.63) is 0 Å². The molecule has 3 atom stereocenters. The zero-order valence-electron chi connectivity index (χ0n) is 12.9. The molecule has 1 aliphatic rings. The Balaban J connectivity index is 2.73. The van der Waals surface area contributed by atoms with Crippen molar-refractivity contribution in [2.24, 2.45) is 11.5 Å². The second-order valence-electron chi connectivity index (χ2n) is 6.21. The van der Waals surface area contributed by atoms with Crippen molar-refractivity contribution in [2.45, 2.75) is 57.2 Å². The Morgan fingerprint density at radius 2 is 2.11 bits per heavy atom. The molecule has 1 saturated carbocycles. The number of nitrogens with zero attached hydrogens (tertiary/aromatic N) is 2. The van der Waals surface area contributed by atoms with Crippen LogP contribution in [-0.4, -0.2) is 60.5 Å². The van der Waals surface area contributed by atoms with Crippen LogP contribution >= 0.6 is 0 Å². The van der Waals surface area contributed by atoms with E-state index in [1.54, 1.807) is 0 Å². The summed E-state index contributed by atoms with van der Waals surface area (Å²) in [6.07, 6.45) is 3.50. The third kappa shape index (κ3) is 4.16. The van der Waals surface area contributed by atoms with Crippen molar-refractivity contribution < 1.29 is 4.79 Å². The van der Waals surface area contributed by atoms with Crippen LogP contribution in [0.15, 0.2) is 0 Å². The summed E-state index contributed by atoms with van der Waals surface area (Å²) in [6.45, 7) is 6.40. The van der Waals surface area contributed by atoms with Crippen LogP contribution in [0.4, 0.5) is 0 Å². The fourth-order valence-corrected chi connectivity index (χ4v) is 3.35. The SMILES string of the molecule is CCN(C(C)CN(C)C)C1CCCC(N)(C(N)=O)C1. The van der Waals surface area contributed by atoms with Gasteiger partial charge < -0.3 is 16.4 Å². The predicted molar refractivity (Wildman–Crippen MR) is 78.8 cm³/mol. The quantitative estimate of drug-likeness (QED) is 0.732. The molecule has 0 aliphatic heterocycles. The second kappa shape index (κ2) is 6.68. The van der Waals surface area contributed by atoms with Gasteiger partial charge in [-0.2, -0.15) is 0 Å². The maximum absolute atomic E-state index is 11.6. The van der Waals surface area contributed by atoms with Crippen LogP contribution in [0, 0.1) is 0 Å². The smallest absolute Gasteiger partial charge is 0.237 e. The topological polar surface area (TPSA) is 75.6 Å². The average molecular weight is 270 g/mol. The normalized spacial score (nSPS) is 29.7. The van der Waals surface area contributed by atoms with Gasteiger partial charge in [0.15, 0.2) is 0 Å². The lowest BCUT2D eigenvalue weighted by atomic mass is 9.78. The molecule has 0 aromatic carbocycles. The van der Waals surface area contributed by atoms with Gasteiger partial charge in [-0.3, -0.25) is 9.69 Å². The molecule has 0 heterocycles. The molecule has 0 saturated heterocycles. The summed E-state index contributed by atoms with van der Waals surface area (Å²) in [7, 11) is 4.17. The van der Waals surface area contributed by atoms with Crippen LogP contribution in [0.25, 0.3) is 0 Å². The van der Waals surface area contributed by atoms with E-state index < -0.39 is 5.54 Å². The van der Waals surface area contributed by atoms with E-state index in [1.807, 2.05) is 0 Å². The molecule has 0 aromatic rings. The van der Waals surface area contributed by atoms with Gasteiger partial charge in [0.05, 0.1) is 5.54 Å². The van der Waals surface area contributed by atoms with Crippen molar-refractivity contribution in [1.82, 2.24) is 9.80 Å². The fraction of sp³-hybridized carbons (Fsp3) is 0.929. The van der Waals surface area contributed by atoms with Gasteiger partial charge in [-0.15, -0.1) is 0 Å². The van der Waals surface area contributed by atoms with Crippen LogP contribution in [0.1, 0.15) is 39.5 Å². The van der Waals surface area contributed by atoms with Crippen LogP contribution in [-0.2, 0) is 4.79 Å². The number of nitrogens with two attached hydrogens (primary N) is 2. The largest absolute Gasteiger partial charge is 0.368 e. The van der Waals surface area contributed by atoms with Crippen LogP contribution < -0.4 is 11.5 Å². The molecule has 1 aliphatic carbocycles. The van der Waals surface area contributed by atoms with Crippen LogP contribution in [0.5, 0.6) is 0 Å². The zero-order chi connectivity index (χ0) is 14.6. The monoisotopic (exact) mass is 270 g/mol. The molecule has 5 nitrogen and oxygen atoms in total. The van der Waals surface area contributed by atoms with Gasteiger partial charge >= 0.3 is 0 Å². The molecule has 1 amide bonds. The molecule has 3 unspecified atom stereocenters.